The van der Waals surface area contributed by atoms with Crippen molar-refractivity contribution in [2.75, 3.05) is 54.5 Å². The number of benzene rings is 3. The van der Waals surface area contributed by atoms with Crippen LogP contribution in [0.25, 0.3) is 11.3 Å². The number of nitrogens with zero attached hydrogens (tertiary/aromatic N) is 2. The van der Waals surface area contributed by atoms with Crippen molar-refractivity contribution in [3.63, 3.8) is 0 Å². The molecule has 1 fully saturated rings. The van der Waals surface area contributed by atoms with Crippen molar-refractivity contribution in [2.45, 2.75) is 0 Å². The van der Waals surface area contributed by atoms with Gasteiger partial charge >= 0.3 is 0 Å². The summed E-state index contributed by atoms with van der Waals surface area (Å²) in [5, 5.41) is 6.47. The fourth-order valence-electron chi connectivity index (χ4n) is 4.29. The van der Waals surface area contributed by atoms with Gasteiger partial charge in [-0.3, -0.25) is 4.79 Å². The summed E-state index contributed by atoms with van der Waals surface area (Å²) in [6, 6.07) is 23.9. The van der Waals surface area contributed by atoms with Crippen molar-refractivity contribution in [1.29, 1.82) is 0 Å². The number of rotatable bonds is 4. The number of nitrogens with one attached hydrogen (secondary N) is 2. The van der Waals surface area contributed by atoms with Crippen molar-refractivity contribution in [1.82, 2.24) is 4.90 Å². The Morgan fingerprint density at radius 1 is 0.938 bits per heavy atom. The van der Waals surface area contributed by atoms with Gasteiger partial charge in [0.05, 0.1) is 17.0 Å². The minimum atomic E-state index is -0.133. The topological polar surface area (TPSA) is 73.6 Å². The van der Waals surface area contributed by atoms with Gasteiger partial charge in [0.25, 0.3) is 5.91 Å². The van der Waals surface area contributed by atoms with E-state index in [9.17, 15) is 4.79 Å². The summed E-state index contributed by atoms with van der Waals surface area (Å²) in [6.45, 7) is 4.21. The van der Waals surface area contributed by atoms with Gasteiger partial charge in [0.1, 0.15) is 0 Å². The summed E-state index contributed by atoms with van der Waals surface area (Å²) >= 11 is 0. The van der Waals surface area contributed by atoms with Gasteiger partial charge in [-0.25, -0.2) is 0 Å². The Kier molecular flexibility index (Phi) is 5.29. The molecule has 0 spiro atoms. The molecule has 1 saturated heterocycles. The zero-order valence-corrected chi connectivity index (χ0v) is 18.1. The minimum absolute atomic E-state index is 0.133. The first kappa shape index (κ1) is 20.2. The molecule has 32 heavy (non-hydrogen) atoms. The van der Waals surface area contributed by atoms with Gasteiger partial charge in [-0.05, 0) is 55.1 Å². The summed E-state index contributed by atoms with van der Waals surface area (Å²) in [4.78, 5) is 17.7. The van der Waals surface area contributed by atoms with E-state index >= 15 is 0 Å². The molecule has 2 heterocycles. The van der Waals surface area contributed by atoms with E-state index in [1.165, 1.54) is 5.69 Å². The highest BCUT2D eigenvalue weighted by Crippen LogP contribution is 2.38. The second-order valence-corrected chi connectivity index (χ2v) is 8.34. The summed E-state index contributed by atoms with van der Waals surface area (Å²) in [5.41, 5.74) is 12.6. The molecular weight excluding hydrogens is 398 g/mol. The van der Waals surface area contributed by atoms with E-state index in [0.29, 0.717) is 11.3 Å². The molecule has 0 radical (unpaired) electrons. The Hall–Kier alpha value is -3.77. The molecule has 0 saturated carbocycles. The molecule has 6 nitrogen and oxygen atoms in total. The van der Waals surface area contributed by atoms with Gasteiger partial charge < -0.3 is 26.2 Å². The van der Waals surface area contributed by atoms with Gasteiger partial charge in [-0.15, -0.1) is 0 Å². The average Bonchev–Trinajstić information content (AvgIpc) is 3.13. The van der Waals surface area contributed by atoms with Crippen LogP contribution in [0.2, 0.25) is 0 Å². The lowest BCUT2D eigenvalue weighted by atomic mass is 9.99. The number of likely N-dealkylation sites (N-methyl/N-ethyl adjacent to an activating group) is 1. The highest BCUT2D eigenvalue weighted by Gasteiger charge is 2.28. The number of carbonyl (C=O) groups is 1. The van der Waals surface area contributed by atoms with Crippen molar-refractivity contribution >= 4 is 39.9 Å². The number of hydrogen-bond acceptors (Lipinski definition) is 5. The molecule has 6 heteroatoms. The molecule has 2 aliphatic heterocycles. The molecule has 3 aromatic rings. The van der Waals surface area contributed by atoms with Crippen LogP contribution in [-0.2, 0) is 4.79 Å². The van der Waals surface area contributed by atoms with Crippen LogP contribution in [0.3, 0.4) is 0 Å². The molecule has 162 valence electrons. The van der Waals surface area contributed by atoms with Crippen LogP contribution in [0.1, 0.15) is 11.1 Å². The second kappa shape index (κ2) is 8.40. The summed E-state index contributed by atoms with van der Waals surface area (Å²) in [6.07, 6.45) is 0. The minimum Gasteiger partial charge on any atom is -0.399 e. The molecule has 4 N–H and O–H groups in total. The first-order chi connectivity index (χ1) is 15.6. The van der Waals surface area contributed by atoms with E-state index in [2.05, 4.69) is 51.7 Å². The third-order valence-electron chi connectivity index (χ3n) is 6.11. The number of nitrogen functional groups attached to an aromatic ring is 1. The van der Waals surface area contributed by atoms with Crippen molar-refractivity contribution in [2.24, 2.45) is 0 Å². The van der Waals surface area contributed by atoms with Gasteiger partial charge in [-0.2, -0.15) is 0 Å². The predicted octanol–water partition coefficient (Wildman–Crippen LogP) is 3.95. The number of piperazine rings is 1. The molecule has 0 aromatic heterocycles. The third-order valence-corrected chi connectivity index (χ3v) is 6.11. The highest BCUT2D eigenvalue weighted by molar-refractivity contribution is 6.37. The molecule has 0 atom stereocenters. The zero-order chi connectivity index (χ0) is 22.1. The van der Waals surface area contributed by atoms with Crippen LogP contribution in [0.5, 0.6) is 0 Å². The smallest absolute Gasteiger partial charge is 0.258 e. The number of carbonyl (C=O) groups excluding carboxylic acids is 1. The molecule has 2 aliphatic rings. The Labute approximate surface area is 188 Å². The average molecular weight is 426 g/mol. The third kappa shape index (κ3) is 3.92. The van der Waals surface area contributed by atoms with E-state index < -0.39 is 0 Å². The van der Waals surface area contributed by atoms with Gasteiger partial charge in [0.2, 0.25) is 0 Å². The van der Waals surface area contributed by atoms with Gasteiger partial charge in [0, 0.05) is 48.8 Å². The second-order valence-electron chi connectivity index (χ2n) is 8.34. The van der Waals surface area contributed by atoms with Gasteiger partial charge in [-0.1, -0.05) is 30.3 Å². The number of amides is 1. The van der Waals surface area contributed by atoms with Crippen LogP contribution in [0, 0.1) is 0 Å². The quantitative estimate of drug-likeness (QED) is 0.436. The first-order valence-corrected chi connectivity index (χ1v) is 10.9. The number of fused-ring (bicyclic) bond motifs is 1. The Morgan fingerprint density at radius 2 is 1.66 bits per heavy atom. The van der Waals surface area contributed by atoms with Crippen LogP contribution in [0.4, 0.5) is 22.7 Å². The molecule has 1 amide bonds. The molecule has 0 aliphatic carbocycles. The maximum absolute atomic E-state index is 13.0. The number of nitrogens with two attached hydrogens (primary N) is 1. The molecule has 0 unspecified atom stereocenters. The fourth-order valence-corrected chi connectivity index (χ4v) is 4.29. The van der Waals surface area contributed by atoms with Crippen LogP contribution in [0.15, 0.2) is 72.8 Å². The summed E-state index contributed by atoms with van der Waals surface area (Å²) in [5.74, 6) is -0.133. The summed E-state index contributed by atoms with van der Waals surface area (Å²) in [7, 11) is 2.16. The van der Waals surface area contributed by atoms with E-state index in [4.69, 9.17) is 5.73 Å². The van der Waals surface area contributed by atoms with Crippen molar-refractivity contribution in [3.8, 4) is 0 Å². The van der Waals surface area contributed by atoms with Gasteiger partial charge in [0.15, 0.2) is 0 Å². The maximum atomic E-state index is 13.0. The number of hydrogen-bond donors (Lipinski definition) is 3. The van der Waals surface area contributed by atoms with E-state index in [-0.39, 0.29) is 5.91 Å². The maximum Gasteiger partial charge on any atom is 0.258 e. The van der Waals surface area contributed by atoms with Crippen LogP contribution in [-0.4, -0.2) is 44.0 Å². The Balaban J connectivity index is 1.50. The highest BCUT2D eigenvalue weighted by atomic mass is 16.2. The van der Waals surface area contributed by atoms with Crippen molar-refractivity contribution < 1.29 is 4.79 Å². The number of anilines is 4. The molecule has 0 bridgehead atoms. The lowest BCUT2D eigenvalue weighted by Gasteiger charge is -2.34. The lowest BCUT2D eigenvalue weighted by Crippen LogP contribution is -2.44. The largest absolute Gasteiger partial charge is 0.399 e. The Bertz CT molecular complexity index is 1160. The summed E-state index contributed by atoms with van der Waals surface area (Å²) < 4.78 is 0. The monoisotopic (exact) mass is 425 g/mol. The Morgan fingerprint density at radius 3 is 2.38 bits per heavy atom. The molecular formula is C26H27N5O. The normalized spacial score (nSPS) is 17.7. The lowest BCUT2D eigenvalue weighted by molar-refractivity contribution is -0.110. The predicted molar refractivity (Wildman–Crippen MR) is 133 cm³/mol. The fraction of sp³-hybridized carbons (Fsp3) is 0.192. The SMILES string of the molecule is CN1CCN(c2ccc(N/C(=C3\C(=O)Nc4cc(N)ccc43)c3ccccc3)cc2)CC1. The standard InChI is InChI=1S/C26H27N5O/c1-30-13-15-31(16-14-30)21-10-8-20(9-11-21)28-25(18-5-3-2-4-6-18)24-22-12-7-19(27)17-23(22)29-26(24)32/h2-12,17,28H,13-16,27H2,1H3,(H,29,32)/b25-24-. The van der Waals surface area contributed by atoms with E-state index in [1.54, 1.807) is 6.07 Å². The van der Waals surface area contributed by atoms with E-state index in [0.717, 1.165) is 54.4 Å². The first-order valence-electron chi connectivity index (χ1n) is 10.9. The van der Waals surface area contributed by atoms with Crippen molar-refractivity contribution in [3.05, 3.63) is 83.9 Å². The molecule has 5 rings (SSSR count). The van der Waals surface area contributed by atoms with Crippen LogP contribution >= 0.6 is 0 Å². The van der Waals surface area contributed by atoms with E-state index in [1.807, 2.05) is 42.5 Å². The van der Waals surface area contributed by atoms with Crippen LogP contribution < -0.4 is 21.3 Å². The zero-order valence-electron chi connectivity index (χ0n) is 18.1. The molecule has 3 aromatic carbocycles.